The molecule has 0 aliphatic rings. The van der Waals surface area contributed by atoms with Gasteiger partial charge in [0.15, 0.2) is 11.6 Å². The Morgan fingerprint density at radius 3 is 2.04 bits per heavy atom. The van der Waals surface area contributed by atoms with Crippen molar-refractivity contribution in [2.75, 3.05) is 16.0 Å². The molecule has 9 heteroatoms. The highest BCUT2D eigenvalue weighted by atomic mass is 19.2. The minimum Gasteiger partial charge on any atom is -0.339 e. The van der Waals surface area contributed by atoms with Crippen LogP contribution in [0.15, 0.2) is 54.9 Å². The van der Waals surface area contributed by atoms with E-state index in [0.717, 1.165) is 12.1 Å². The molecule has 0 radical (unpaired) electrons. The van der Waals surface area contributed by atoms with Crippen LogP contribution >= 0.6 is 0 Å². The van der Waals surface area contributed by atoms with E-state index in [4.69, 9.17) is 0 Å². The Bertz CT molecular complexity index is 1010. The van der Waals surface area contributed by atoms with Crippen LogP contribution in [0.4, 0.5) is 31.7 Å². The monoisotopic (exact) mass is 383 g/mol. The van der Waals surface area contributed by atoms with E-state index in [2.05, 4.69) is 25.9 Å². The van der Waals surface area contributed by atoms with Gasteiger partial charge in [-0.2, -0.15) is 0 Å². The van der Waals surface area contributed by atoms with Crippen molar-refractivity contribution in [3.63, 3.8) is 0 Å². The molecular formula is C19H15F2N5O2. The molecule has 3 aromatic rings. The summed E-state index contributed by atoms with van der Waals surface area (Å²) in [5.74, 6) is -2.34. The number of nitrogens with one attached hydrogen (secondary N) is 3. The molecule has 7 nitrogen and oxygen atoms in total. The molecule has 2 aromatic carbocycles. The number of aromatic nitrogens is 2. The molecule has 142 valence electrons. The molecule has 0 aliphatic heterocycles. The summed E-state index contributed by atoms with van der Waals surface area (Å²) in [5.41, 5.74) is 1.49. The molecule has 1 heterocycles. The lowest BCUT2D eigenvalue weighted by Crippen LogP contribution is -2.14. The van der Waals surface area contributed by atoms with Crippen molar-refractivity contribution in [3.8, 4) is 0 Å². The van der Waals surface area contributed by atoms with Gasteiger partial charge in [-0.15, -0.1) is 0 Å². The number of halogens is 2. The van der Waals surface area contributed by atoms with Gasteiger partial charge in [0.1, 0.15) is 11.5 Å². The van der Waals surface area contributed by atoms with E-state index in [0.29, 0.717) is 17.1 Å². The van der Waals surface area contributed by atoms with Gasteiger partial charge in [0, 0.05) is 30.1 Å². The summed E-state index contributed by atoms with van der Waals surface area (Å²) < 4.78 is 26.2. The number of carbonyl (C=O) groups excluding carboxylic acids is 2. The Morgan fingerprint density at radius 1 is 0.821 bits per heavy atom. The molecule has 28 heavy (non-hydrogen) atoms. The molecule has 3 rings (SSSR count). The molecule has 3 N–H and O–H groups in total. The van der Waals surface area contributed by atoms with Crippen LogP contribution in [0.2, 0.25) is 0 Å². The second-order valence-electron chi connectivity index (χ2n) is 5.75. The lowest BCUT2D eigenvalue weighted by molar-refractivity contribution is -0.114. The first-order valence-corrected chi connectivity index (χ1v) is 8.14. The Hall–Kier alpha value is -3.88. The number of nitrogens with zero attached hydrogens (tertiary/aromatic N) is 2. The van der Waals surface area contributed by atoms with Crippen LogP contribution in [-0.4, -0.2) is 21.8 Å². The highest BCUT2D eigenvalue weighted by molar-refractivity contribution is 6.02. The Kier molecular flexibility index (Phi) is 5.54. The third kappa shape index (κ3) is 4.85. The van der Waals surface area contributed by atoms with Crippen molar-refractivity contribution >= 4 is 34.7 Å². The van der Waals surface area contributed by atoms with Crippen LogP contribution in [0.25, 0.3) is 0 Å². The quantitative estimate of drug-likeness (QED) is 0.624. The molecule has 0 atom stereocenters. The molecule has 0 aliphatic carbocycles. The Labute approximate surface area is 158 Å². The lowest BCUT2D eigenvalue weighted by Gasteiger charge is -2.08. The molecule has 0 saturated carbocycles. The number of benzene rings is 2. The molecule has 0 bridgehead atoms. The molecule has 0 spiro atoms. The summed E-state index contributed by atoms with van der Waals surface area (Å²) in [7, 11) is 0. The second kappa shape index (κ2) is 8.21. The van der Waals surface area contributed by atoms with Gasteiger partial charge in [-0.25, -0.2) is 18.7 Å². The third-order valence-electron chi connectivity index (χ3n) is 3.54. The Balaban J connectivity index is 1.63. The van der Waals surface area contributed by atoms with Crippen molar-refractivity contribution < 1.29 is 18.4 Å². The smallest absolute Gasteiger partial charge is 0.275 e. The first-order valence-electron chi connectivity index (χ1n) is 8.14. The van der Waals surface area contributed by atoms with Gasteiger partial charge in [-0.05, 0) is 36.4 Å². The largest absolute Gasteiger partial charge is 0.339 e. The zero-order valence-electron chi connectivity index (χ0n) is 14.7. The maximum absolute atomic E-state index is 13.2. The van der Waals surface area contributed by atoms with Gasteiger partial charge in [0.05, 0.1) is 12.4 Å². The molecular weight excluding hydrogens is 368 g/mol. The van der Waals surface area contributed by atoms with E-state index < -0.39 is 17.5 Å². The van der Waals surface area contributed by atoms with Gasteiger partial charge in [-0.3, -0.25) is 9.59 Å². The van der Waals surface area contributed by atoms with Crippen LogP contribution in [0.3, 0.4) is 0 Å². The average molecular weight is 383 g/mol. The lowest BCUT2D eigenvalue weighted by atomic mass is 10.2. The van der Waals surface area contributed by atoms with Crippen LogP contribution < -0.4 is 16.0 Å². The first kappa shape index (κ1) is 18.9. The molecule has 1 aromatic heterocycles. The van der Waals surface area contributed by atoms with Crippen LogP contribution in [-0.2, 0) is 4.79 Å². The van der Waals surface area contributed by atoms with E-state index >= 15 is 0 Å². The summed E-state index contributed by atoms with van der Waals surface area (Å²) in [5, 5.41) is 8.04. The predicted octanol–water partition coefficient (Wildman–Crippen LogP) is 3.71. The first-order chi connectivity index (χ1) is 13.4. The standard InChI is InChI=1S/C19H15F2N5O2/c1-11(27)24-12-2-4-13(5-3-12)26-19(28)17-9-23-18(10-22-17)25-14-6-7-15(20)16(21)8-14/h2-10H,1H3,(H,23,25)(H,24,27)(H,26,28). The number of anilines is 4. The number of hydrogen-bond acceptors (Lipinski definition) is 5. The summed E-state index contributed by atoms with van der Waals surface area (Å²) in [6.07, 6.45) is 2.55. The number of amides is 2. The van der Waals surface area contributed by atoms with Gasteiger partial charge >= 0.3 is 0 Å². The van der Waals surface area contributed by atoms with Crippen molar-refractivity contribution in [2.24, 2.45) is 0 Å². The van der Waals surface area contributed by atoms with E-state index in [1.165, 1.54) is 25.4 Å². The van der Waals surface area contributed by atoms with Crippen LogP contribution in [0, 0.1) is 11.6 Å². The Morgan fingerprint density at radius 2 is 1.46 bits per heavy atom. The summed E-state index contributed by atoms with van der Waals surface area (Å²) in [4.78, 5) is 31.3. The van der Waals surface area contributed by atoms with E-state index in [9.17, 15) is 18.4 Å². The maximum Gasteiger partial charge on any atom is 0.275 e. The fourth-order valence-corrected chi connectivity index (χ4v) is 2.27. The van der Waals surface area contributed by atoms with Crippen molar-refractivity contribution in [1.82, 2.24) is 9.97 Å². The van der Waals surface area contributed by atoms with Crippen molar-refractivity contribution in [3.05, 3.63) is 72.2 Å². The topological polar surface area (TPSA) is 96.0 Å². The zero-order valence-corrected chi connectivity index (χ0v) is 14.7. The van der Waals surface area contributed by atoms with Crippen molar-refractivity contribution in [2.45, 2.75) is 6.92 Å². The second-order valence-corrected chi connectivity index (χ2v) is 5.75. The fraction of sp³-hybridized carbons (Fsp3) is 0.0526. The van der Waals surface area contributed by atoms with E-state index in [1.54, 1.807) is 24.3 Å². The summed E-state index contributed by atoms with van der Waals surface area (Å²) >= 11 is 0. The van der Waals surface area contributed by atoms with E-state index in [-0.39, 0.29) is 17.4 Å². The van der Waals surface area contributed by atoms with Gasteiger partial charge in [0.2, 0.25) is 5.91 Å². The maximum atomic E-state index is 13.2. The van der Waals surface area contributed by atoms with Gasteiger partial charge < -0.3 is 16.0 Å². The summed E-state index contributed by atoms with van der Waals surface area (Å²) in [6, 6.07) is 9.90. The fourth-order valence-electron chi connectivity index (χ4n) is 2.27. The van der Waals surface area contributed by atoms with E-state index in [1.807, 2.05) is 0 Å². The van der Waals surface area contributed by atoms with Gasteiger partial charge in [0.25, 0.3) is 5.91 Å². The molecule has 0 unspecified atom stereocenters. The zero-order chi connectivity index (χ0) is 20.1. The van der Waals surface area contributed by atoms with Crippen LogP contribution in [0.1, 0.15) is 17.4 Å². The number of carbonyl (C=O) groups is 2. The number of rotatable bonds is 5. The molecule has 0 fully saturated rings. The minimum atomic E-state index is -0.988. The van der Waals surface area contributed by atoms with Crippen molar-refractivity contribution in [1.29, 1.82) is 0 Å². The minimum absolute atomic E-state index is 0.0711. The highest BCUT2D eigenvalue weighted by Crippen LogP contribution is 2.18. The number of hydrogen-bond donors (Lipinski definition) is 3. The average Bonchev–Trinajstić information content (AvgIpc) is 2.66. The van der Waals surface area contributed by atoms with Crippen LogP contribution in [0.5, 0.6) is 0 Å². The third-order valence-corrected chi connectivity index (χ3v) is 3.54. The normalized spacial score (nSPS) is 10.2. The highest BCUT2D eigenvalue weighted by Gasteiger charge is 2.09. The summed E-state index contributed by atoms with van der Waals surface area (Å²) in [6.45, 7) is 1.40. The van der Waals surface area contributed by atoms with Gasteiger partial charge in [-0.1, -0.05) is 0 Å². The SMILES string of the molecule is CC(=O)Nc1ccc(NC(=O)c2cnc(Nc3ccc(F)c(F)c3)cn2)cc1. The molecule has 2 amide bonds. The molecule has 0 saturated heterocycles. The predicted molar refractivity (Wildman–Crippen MR) is 100 cm³/mol.